The lowest BCUT2D eigenvalue weighted by atomic mass is 10.4. The van der Waals surface area contributed by atoms with Crippen LogP contribution >= 0.6 is 0 Å². The van der Waals surface area contributed by atoms with Crippen molar-refractivity contribution in [3.05, 3.63) is 18.1 Å². The largest absolute Gasteiger partial charge is 0.476 e. The summed E-state index contributed by atoms with van der Waals surface area (Å²) in [5, 5.41) is 8.57. The molecule has 0 spiro atoms. The molecule has 0 bridgehead atoms. The number of carboxylic acid groups (broad SMARTS) is 1. The van der Waals surface area contributed by atoms with Gasteiger partial charge in [-0.25, -0.2) is 9.78 Å². The zero-order chi connectivity index (χ0) is 9.14. The topological polar surface area (TPSA) is 66.3 Å². The Bertz CT molecular complexity index is 298. The van der Waals surface area contributed by atoms with E-state index in [2.05, 4.69) is 9.97 Å². The van der Waals surface area contributed by atoms with Crippen LogP contribution in [0.4, 0.5) is 5.82 Å². The van der Waals surface area contributed by atoms with Crippen LogP contribution in [-0.2, 0) is 0 Å². The fourth-order valence-electron chi connectivity index (χ4n) is 0.674. The van der Waals surface area contributed by atoms with Crippen LogP contribution in [0.2, 0.25) is 0 Å². The maximum Gasteiger partial charge on any atom is 0.356 e. The molecule has 0 aliphatic heterocycles. The average Bonchev–Trinajstić information content (AvgIpc) is 2.04. The summed E-state index contributed by atoms with van der Waals surface area (Å²) >= 11 is 0. The molecule has 0 atom stereocenters. The van der Waals surface area contributed by atoms with Crippen molar-refractivity contribution in [2.45, 2.75) is 0 Å². The van der Waals surface area contributed by atoms with Gasteiger partial charge in [-0.2, -0.15) is 0 Å². The van der Waals surface area contributed by atoms with Crippen LogP contribution < -0.4 is 4.90 Å². The van der Waals surface area contributed by atoms with Crippen LogP contribution in [0.15, 0.2) is 12.4 Å². The van der Waals surface area contributed by atoms with Crippen molar-refractivity contribution in [1.82, 2.24) is 9.97 Å². The maximum atomic E-state index is 10.5. The molecule has 1 N–H and O–H groups in total. The number of nitrogens with zero attached hydrogens (tertiary/aromatic N) is 3. The number of aromatic carboxylic acids is 1. The Labute approximate surface area is 69.7 Å². The van der Waals surface area contributed by atoms with E-state index in [0.29, 0.717) is 5.82 Å². The Balaban J connectivity index is 3.04. The first kappa shape index (κ1) is 8.45. The summed E-state index contributed by atoms with van der Waals surface area (Å²) in [6.07, 6.45) is 2.72. The lowest BCUT2D eigenvalue weighted by Crippen LogP contribution is -2.13. The Morgan fingerprint density at radius 3 is 2.67 bits per heavy atom. The van der Waals surface area contributed by atoms with Gasteiger partial charge in [0.05, 0.1) is 12.4 Å². The predicted octanol–water partition coefficient (Wildman–Crippen LogP) is 0.241. The summed E-state index contributed by atoms with van der Waals surface area (Å²) in [5.41, 5.74) is -0.0406. The lowest BCUT2D eigenvalue weighted by molar-refractivity contribution is 0.0690. The fraction of sp³-hybridized carbons (Fsp3) is 0.286. The second-order valence-corrected chi connectivity index (χ2v) is 2.46. The number of hydrogen-bond donors (Lipinski definition) is 1. The van der Waals surface area contributed by atoms with E-state index >= 15 is 0 Å². The van der Waals surface area contributed by atoms with Gasteiger partial charge >= 0.3 is 5.97 Å². The van der Waals surface area contributed by atoms with E-state index in [9.17, 15) is 4.79 Å². The third kappa shape index (κ3) is 1.69. The third-order valence-electron chi connectivity index (χ3n) is 1.30. The van der Waals surface area contributed by atoms with Crippen molar-refractivity contribution in [2.75, 3.05) is 19.0 Å². The van der Waals surface area contributed by atoms with Crippen molar-refractivity contribution in [2.24, 2.45) is 0 Å². The summed E-state index contributed by atoms with van der Waals surface area (Å²) in [7, 11) is 3.55. The van der Waals surface area contributed by atoms with Gasteiger partial charge in [-0.05, 0) is 0 Å². The Hall–Kier alpha value is -1.65. The zero-order valence-corrected chi connectivity index (χ0v) is 6.85. The normalized spacial score (nSPS) is 9.50. The summed E-state index contributed by atoms with van der Waals surface area (Å²) in [6, 6.07) is 0. The van der Waals surface area contributed by atoms with E-state index < -0.39 is 5.97 Å². The lowest BCUT2D eigenvalue weighted by Gasteiger charge is -2.09. The third-order valence-corrected chi connectivity index (χ3v) is 1.30. The maximum absolute atomic E-state index is 10.5. The molecule has 1 heterocycles. The molecule has 5 heteroatoms. The van der Waals surface area contributed by atoms with E-state index in [1.807, 2.05) is 0 Å². The van der Waals surface area contributed by atoms with Gasteiger partial charge in [-0.1, -0.05) is 0 Å². The van der Waals surface area contributed by atoms with Crippen molar-refractivity contribution in [3.63, 3.8) is 0 Å². The highest BCUT2D eigenvalue weighted by molar-refractivity contribution is 5.85. The molecule has 1 rings (SSSR count). The minimum Gasteiger partial charge on any atom is -0.476 e. The highest BCUT2D eigenvalue weighted by Gasteiger charge is 2.06. The molecule has 1 aromatic heterocycles. The number of carbonyl (C=O) groups is 1. The van der Waals surface area contributed by atoms with Crippen molar-refractivity contribution in [3.8, 4) is 0 Å². The van der Waals surface area contributed by atoms with E-state index in [1.54, 1.807) is 19.0 Å². The summed E-state index contributed by atoms with van der Waals surface area (Å²) in [4.78, 5) is 19.7. The van der Waals surface area contributed by atoms with Gasteiger partial charge in [-0.3, -0.25) is 4.98 Å². The van der Waals surface area contributed by atoms with Gasteiger partial charge in [-0.15, -0.1) is 0 Å². The van der Waals surface area contributed by atoms with E-state index in [1.165, 1.54) is 12.4 Å². The second-order valence-electron chi connectivity index (χ2n) is 2.46. The molecule has 0 saturated carbocycles. The molecule has 0 amide bonds. The first-order valence-corrected chi connectivity index (χ1v) is 3.34. The fourth-order valence-corrected chi connectivity index (χ4v) is 0.674. The molecule has 5 nitrogen and oxygen atoms in total. The molecule has 12 heavy (non-hydrogen) atoms. The van der Waals surface area contributed by atoms with Crippen LogP contribution in [0, 0.1) is 0 Å². The van der Waals surface area contributed by atoms with Crippen LogP contribution in [0.1, 0.15) is 10.5 Å². The van der Waals surface area contributed by atoms with Crippen LogP contribution in [0.25, 0.3) is 0 Å². The number of aromatic nitrogens is 2. The number of carboxylic acids is 1. The van der Waals surface area contributed by atoms with Gasteiger partial charge in [0.25, 0.3) is 0 Å². The van der Waals surface area contributed by atoms with Crippen molar-refractivity contribution in [1.29, 1.82) is 0 Å². The monoisotopic (exact) mass is 167 g/mol. The molecule has 0 aromatic carbocycles. The Morgan fingerprint density at radius 1 is 1.50 bits per heavy atom. The highest BCUT2D eigenvalue weighted by atomic mass is 16.4. The van der Waals surface area contributed by atoms with Gasteiger partial charge in [0.2, 0.25) is 0 Å². The average molecular weight is 167 g/mol. The Morgan fingerprint density at radius 2 is 2.17 bits per heavy atom. The molecule has 0 radical (unpaired) electrons. The van der Waals surface area contributed by atoms with Crippen molar-refractivity contribution < 1.29 is 9.90 Å². The molecule has 0 unspecified atom stereocenters. The van der Waals surface area contributed by atoms with Gasteiger partial charge in [0, 0.05) is 14.1 Å². The molecule has 1 aromatic rings. The highest BCUT2D eigenvalue weighted by Crippen LogP contribution is 2.04. The number of rotatable bonds is 2. The SMILES string of the molecule is CN(C)c1cncc(C(=O)O)n1. The molecule has 0 aliphatic carbocycles. The summed E-state index contributed by atoms with van der Waals surface area (Å²) in [6.45, 7) is 0. The molecule has 0 aliphatic rings. The summed E-state index contributed by atoms with van der Waals surface area (Å²) < 4.78 is 0. The predicted molar refractivity (Wildman–Crippen MR) is 43.3 cm³/mol. The molecular weight excluding hydrogens is 158 g/mol. The molecule has 0 saturated heterocycles. The molecule has 0 fully saturated rings. The van der Waals surface area contributed by atoms with E-state index in [0.717, 1.165) is 0 Å². The van der Waals surface area contributed by atoms with E-state index in [4.69, 9.17) is 5.11 Å². The molecule has 64 valence electrons. The van der Waals surface area contributed by atoms with Gasteiger partial charge in [0.1, 0.15) is 5.82 Å². The zero-order valence-electron chi connectivity index (χ0n) is 6.85. The second kappa shape index (κ2) is 3.17. The van der Waals surface area contributed by atoms with Crippen LogP contribution in [0.5, 0.6) is 0 Å². The number of hydrogen-bond acceptors (Lipinski definition) is 4. The quantitative estimate of drug-likeness (QED) is 0.683. The van der Waals surface area contributed by atoms with Gasteiger partial charge in [0.15, 0.2) is 5.69 Å². The first-order chi connectivity index (χ1) is 5.61. The summed E-state index contributed by atoms with van der Waals surface area (Å²) in [5.74, 6) is -0.527. The van der Waals surface area contributed by atoms with Crippen molar-refractivity contribution >= 4 is 11.8 Å². The van der Waals surface area contributed by atoms with Crippen LogP contribution in [-0.4, -0.2) is 35.1 Å². The minimum atomic E-state index is -1.06. The first-order valence-electron chi connectivity index (χ1n) is 3.34. The molecular formula is C7H9N3O2. The minimum absolute atomic E-state index is 0.0406. The Kier molecular flexibility index (Phi) is 2.23. The van der Waals surface area contributed by atoms with E-state index in [-0.39, 0.29) is 5.69 Å². The van der Waals surface area contributed by atoms with Crippen LogP contribution in [0.3, 0.4) is 0 Å². The number of anilines is 1. The smallest absolute Gasteiger partial charge is 0.356 e. The van der Waals surface area contributed by atoms with Gasteiger partial charge < -0.3 is 10.0 Å². The standard InChI is InChI=1S/C7H9N3O2/c1-10(2)6-4-8-3-5(9-6)7(11)12/h3-4H,1-2H3,(H,11,12).